The molecule has 8 nitrogen and oxygen atoms in total. The van der Waals surface area contributed by atoms with Crippen LogP contribution in [-0.4, -0.2) is 60.8 Å². The molecule has 33 heavy (non-hydrogen) atoms. The van der Waals surface area contributed by atoms with Crippen molar-refractivity contribution in [3.63, 3.8) is 0 Å². The van der Waals surface area contributed by atoms with Gasteiger partial charge in [0.05, 0.1) is 5.75 Å². The first-order valence-corrected chi connectivity index (χ1v) is 13.6. The molecule has 5 rings (SSSR count). The third kappa shape index (κ3) is 5.31. The number of carbonyl (C=O) groups is 1. The van der Waals surface area contributed by atoms with Gasteiger partial charge in [0.2, 0.25) is 10.0 Å². The minimum Gasteiger partial charge on any atom is -0.360 e. The number of amides is 1. The second-order valence-corrected chi connectivity index (χ2v) is 11.5. The molecule has 1 aliphatic carbocycles. The number of hydrogen-bond donors (Lipinski definition) is 2. The summed E-state index contributed by atoms with van der Waals surface area (Å²) < 4.78 is 33.2. The Balaban J connectivity index is 1.10. The van der Waals surface area contributed by atoms with Crippen molar-refractivity contribution in [2.75, 3.05) is 18.8 Å². The number of piperidine rings is 1. The van der Waals surface area contributed by atoms with Crippen LogP contribution in [0.5, 0.6) is 0 Å². The topological polar surface area (TPSA) is 105 Å². The molecule has 9 heteroatoms. The second-order valence-electron chi connectivity index (χ2n) is 9.55. The Morgan fingerprint density at radius 2 is 1.79 bits per heavy atom. The fourth-order valence-corrected chi connectivity index (χ4v) is 7.14. The summed E-state index contributed by atoms with van der Waals surface area (Å²) in [5.74, 6) is 1.08. The fourth-order valence-electron chi connectivity index (χ4n) is 5.23. The van der Waals surface area contributed by atoms with E-state index in [9.17, 15) is 13.2 Å². The summed E-state index contributed by atoms with van der Waals surface area (Å²) in [6.45, 7) is 1.20. The van der Waals surface area contributed by atoms with Crippen molar-refractivity contribution in [1.82, 2.24) is 20.1 Å². The SMILES string of the molecule is O=C(N[C@H]1C[C@H]2CC[C@@H](C1)N2S(=O)(=O)CCNCCc1ccccc1)c1cc(C2CC2)on1. The Bertz CT molecular complexity index is 1050. The zero-order chi connectivity index (χ0) is 22.8. The number of nitrogens with zero attached hydrogens (tertiary/aromatic N) is 2. The van der Waals surface area contributed by atoms with Crippen LogP contribution in [0.2, 0.25) is 0 Å². The molecule has 2 saturated heterocycles. The van der Waals surface area contributed by atoms with E-state index in [0.717, 1.165) is 44.4 Å². The van der Waals surface area contributed by atoms with Crippen molar-refractivity contribution in [2.45, 2.75) is 69.0 Å². The highest BCUT2D eigenvalue weighted by Gasteiger charge is 2.46. The van der Waals surface area contributed by atoms with Gasteiger partial charge >= 0.3 is 0 Å². The number of carbonyl (C=O) groups excluding carboxylic acids is 1. The average molecular weight is 473 g/mol. The normalized spacial score (nSPS) is 25.3. The first-order valence-electron chi connectivity index (χ1n) is 12.0. The molecule has 2 N–H and O–H groups in total. The Morgan fingerprint density at radius 3 is 2.48 bits per heavy atom. The smallest absolute Gasteiger partial charge is 0.273 e. The molecule has 2 bridgehead atoms. The summed E-state index contributed by atoms with van der Waals surface area (Å²) in [7, 11) is -3.34. The molecule has 1 aromatic heterocycles. The zero-order valence-electron chi connectivity index (χ0n) is 18.8. The van der Waals surface area contributed by atoms with Crippen molar-refractivity contribution < 1.29 is 17.7 Å². The van der Waals surface area contributed by atoms with Crippen LogP contribution >= 0.6 is 0 Å². The molecule has 0 unspecified atom stereocenters. The Hall–Kier alpha value is -2.23. The summed E-state index contributed by atoms with van der Waals surface area (Å²) in [4.78, 5) is 12.6. The van der Waals surface area contributed by atoms with Crippen LogP contribution in [0.4, 0.5) is 0 Å². The van der Waals surface area contributed by atoms with Gasteiger partial charge < -0.3 is 15.2 Å². The summed E-state index contributed by atoms with van der Waals surface area (Å²) in [5, 5.41) is 10.2. The van der Waals surface area contributed by atoms with Crippen molar-refractivity contribution in [2.24, 2.45) is 0 Å². The Kier molecular flexibility index (Phi) is 6.53. The van der Waals surface area contributed by atoms with Crippen LogP contribution in [0, 0.1) is 0 Å². The predicted molar refractivity (Wildman–Crippen MR) is 124 cm³/mol. The lowest BCUT2D eigenvalue weighted by Crippen LogP contribution is -2.53. The maximum atomic E-state index is 13.1. The Morgan fingerprint density at radius 1 is 1.06 bits per heavy atom. The molecule has 1 aromatic carbocycles. The van der Waals surface area contributed by atoms with E-state index in [1.807, 2.05) is 18.2 Å². The summed E-state index contributed by atoms with van der Waals surface area (Å²) in [5.41, 5.74) is 1.56. The highest BCUT2D eigenvalue weighted by molar-refractivity contribution is 7.89. The van der Waals surface area contributed by atoms with Gasteiger partial charge in [-0.2, -0.15) is 4.31 Å². The van der Waals surface area contributed by atoms with Gasteiger partial charge in [-0.05, 0) is 57.1 Å². The first kappa shape index (κ1) is 22.6. The van der Waals surface area contributed by atoms with E-state index < -0.39 is 10.0 Å². The molecular formula is C24H32N4O4S. The zero-order valence-corrected chi connectivity index (χ0v) is 19.6. The number of rotatable bonds is 10. The lowest BCUT2D eigenvalue weighted by molar-refractivity contribution is 0.0900. The van der Waals surface area contributed by atoms with Gasteiger partial charge in [0.25, 0.3) is 5.91 Å². The largest absolute Gasteiger partial charge is 0.360 e. The monoisotopic (exact) mass is 472 g/mol. The number of benzene rings is 1. The van der Waals surface area contributed by atoms with Gasteiger partial charge in [-0.1, -0.05) is 35.5 Å². The molecule has 2 aliphatic heterocycles. The quantitative estimate of drug-likeness (QED) is 0.515. The van der Waals surface area contributed by atoms with Crippen molar-refractivity contribution in [1.29, 1.82) is 0 Å². The maximum Gasteiger partial charge on any atom is 0.273 e. The standard InChI is InChI=1S/C24H32N4O4S/c29-24(22-16-23(32-27-22)18-6-7-18)26-19-14-20-8-9-21(15-19)28(20)33(30,31)13-12-25-11-10-17-4-2-1-3-5-17/h1-5,16,18-21,25H,6-15H2,(H,26,29)/t19-,20+,21-. The van der Waals surface area contributed by atoms with E-state index in [4.69, 9.17) is 4.52 Å². The molecule has 3 fully saturated rings. The molecule has 0 radical (unpaired) electrons. The van der Waals surface area contributed by atoms with Gasteiger partial charge in [0.15, 0.2) is 5.69 Å². The average Bonchev–Trinajstić information content (AvgIpc) is 3.45. The molecule has 3 heterocycles. The van der Waals surface area contributed by atoms with E-state index in [1.165, 1.54) is 5.56 Å². The lowest BCUT2D eigenvalue weighted by Gasteiger charge is -2.38. The second kappa shape index (κ2) is 9.56. The van der Waals surface area contributed by atoms with Gasteiger partial charge in [0.1, 0.15) is 5.76 Å². The van der Waals surface area contributed by atoms with Gasteiger partial charge in [0, 0.05) is 36.7 Å². The molecular weight excluding hydrogens is 440 g/mol. The summed E-state index contributed by atoms with van der Waals surface area (Å²) in [6.07, 6.45) is 6.07. The third-order valence-corrected chi connectivity index (χ3v) is 8.99. The number of aromatic nitrogens is 1. The van der Waals surface area contributed by atoms with Crippen LogP contribution in [0.25, 0.3) is 0 Å². The fraction of sp³-hybridized carbons (Fsp3) is 0.583. The van der Waals surface area contributed by atoms with E-state index >= 15 is 0 Å². The Labute approximate surface area is 195 Å². The molecule has 1 saturated carbocycles. The number of sulfonamides is 1. The molecule has 3 atom stereocenters. The van der Waals surface area contributed by atoms with Crippen LogP contribution in [0.15, 0.2) is 40.9 Å². The minimum absolute atomic E-state index is 0.0356. The predicted octanol–water partition coefficient (Wildman–Crippen LogP) is 2.44. The van der Waals surface area contributed by atoms with Gasteiger partial charge in [-0.15, -0.1) is 0 Å². The van der Waals surface area contributed by atoms with Gasteiger partial charge in [-0.3, -0.25) is 4.79 Å². The maximum absolute atomic E-state index is 13.1. The van der Waals surface area contributed by atoms with Crippen LogP contribution in [0.3, 0.4) is 0 Å². The highest BCUT2D eigenvalue weighted by Crippen LogP contribution is 2.40. The van der Waals surface area contributed by atoms with E-state index in [1.54, 1.807) is 10.4 Å². The van der Waals surface area contributed by atoms with E-state index in [-0.39, 0.29) is 29.8 Å². The van der Waals surface area contributed by atoms with Crippen LogP contribution in [-0.2, 0) is 16.4 Å². The minimum atomic E-state index is -3.34. The van der Waals surface area contributed by atoms with Crippen LogP contribution in [0.1, 0.15) is 66.3 Å². The van der Waals surface area contributed by atoms with Crippen molar-refractivity contribution in [3.05, 3.63) is 53.4 Å². The van der Waals surface area contributed by atoms with Crippen LogP contribution < -0.4 is 10.6 Å². The number of nitrogens with one attached hydrogen (secondary N) is 2. The molecule has 2 aromatic rings. The van der Waals surface area contributed by atoms with Crippen molar-refractivity contribution >= 4 is 15.9 Å². The molecule has 3 aliphatic rings. The first-order chi connectivity index (χ1) is 16.0. The highest BCUT2D eigenvalue weighted by atomic mass is 32.2. The lowest BCUT2D eigenvalue weighted by atomic mass is 9.99. The van der Waals surface area contributed by atoms with Gasteiger partial charge in [-0.25, -0.2) is 8.42 Å². The number of hydrogen-bond acceptors (Lipinski definition) is 6. The van der Waals surface area contributed by atoms with E-state index in [0.29, 0.717) is 31.0 Å². The third-order valence-electron chi connectivity index (χ3n) is 7.03. The summed E-state index contributed by atoms with van der Waals surface area (Å²) in [6, 6.07) is 11.8. The summed E-state index contributed by atoms with van der Waals surface area (Å²) >= 11 is 0. The molecule has 1 amide bonds. The van der Waals surface area contributed by atoms with E-state index in [2.05, 4.69) is 27.9 Å². The van der Waals surface area contributed by atoms with Crippen molar-refractivity contribution in [3.8, 4) is 0 Å². The molecule has 0 spiro atoms. The number of fused-ring (bicyclic) bond motifs is 2. The molecule has 178 valence electrons.